The second kappa shape index (κ2) is 8.55. The molecule has 1 aliphatic rings. The van der Waals surface area contributed by atoms with Gasteiger partial charge in [0, 0.05) is 49.9 Å². The maximum Gasteiger partial charge on any atom is 0.222 e. The van der Waals surface area contributed by atoms with E-state index in [1.165, 1.54) is 6.20 Å². The van der Waals surface area contributed by atoms with Crippen LogP contribution in [-0.4, -0.2) is 50.9 Å². The minimum absolute atomic E-state index is 0.0148. The van der Waals surface area contributed by atoms with Gasteiger partial charge in [0.05, 0.1) is 11.2 Å². The Morgan fingerprint density at radius 2 is 2.10 bits per heavy atom. The van der Waals surface area contributed by atoms with E-state index in [-0.39, 0.29) is 23.7 Å². The van der Waals surface area contributed by atoms with E-state index in [1.54, 1.807) is 37.5 Å². The lowest BCUT2D eigenvalue weighted by atomic mass is 9.82. The standard InChI is InChI=1S/C21H24ClFN6O/c1-29(2)18(30)7-12-5-3-4-6-17(12)27-21-16(23)11-26-20(28-21)15-10-25-19-14(15)8-13(22)9-24-19/h8-12,17H,3-7H2,1-2H3,(H,24,25)(H,26,27,28). The van der Waals surface area contributed by atoms with Gasteiger partial charge in [-0.1, -0.05) is 24.4 Å². The van der Waals surface area contributed by atoms with E-state index in [2.05, 4.69) is 25.3 Å². The Kier molecular flexibility index (Phi) is 5.85. The first kappa shape index (κ1) is 20.5. The number of hydrogen-bond acceptors (Lipinski definition) is 5. The minimum atomic E-state index is -0.516. The summed E-state index contributed by atoms with van der Waals surface area (Å²) < 4.78 is 14.6. The van der Waals surface area contributed by atoms with Crippen molar-refractivity contribution in [2.75, 3.05) is 19.4 Å². The van der Waals surface area contributed by atoms with E-state index in [0.29, 0.717) is 28.5 Å². The minimum Gasteiger partial charge on any atom is -0.364 e. The lowest BCUT2D eigenvalue weighted by molar-refractivity contribution is -0.130. The van der Waals surface area contributed by atoms with E-state index in [9.17, 15) is 9.18 Å². The molecule has 2 atom stereocenters. The van der Waals surface area contributed by atoms with Crippen LogP contribution in [-0.2, 0) is 4.79 Å². The zero-order valence-corrected chi connectivity index (χ0v) is 17.7. The summed E-state index contributed by atoms with van der Waals surface area (Å²) in [5.41, 5.74) is 1.36. The molecule has 0 spiro atoms. The molecule has 2 unspecified atom stereocenters. The summed E-state index contributed by atoms with van der Waals surface area (Å²) in [7, 11) is 3.51. The first-order valence-electron chi connectivity index (χ1n) is 10.0. The number of H-pyrrole nitrogens is 1. The Labute approximate surface area is 179 Å². The van der Waals surface area contributed by atoms with Gasteiger partial charge in [-0.15, -0.1) is 0 Å². The van der Waals surface area contributed by atoms with Gasteiger partial charge in [-0.25, -0.2) is 19.3 Å². The van der Waals surface area contributed by atoms with Crippen LogP contribution in [0.5, 0.6) is 0 Å². The number of aromatic nitrogens is 4. The van der Waals surface area contributed by atoms with E-state index in [0.717, 1.165) is 31.1 Å². The van der Waals surface area contributed by atoms with Crippen LogP contribution in [0.1, 0.15) is 32.1 Å². The normalized spacial score (nSPS) is 19.1. The molecule has 4 rings (SSSR count). The number of hydrogen-bond donors (Lipinski definition) is 2. The van der Waals surface area contributed by atoms with Crippen LogP contribution >= 0.6 is 11.6 Å². The summed E-state index contributed by atoms with van der Waals surface area (Å²) in [6.45, 7) is 0. The summed E-state index contributed by atoms with van der Waals surface area (Å²) in [5.74, 6) is 0.241. The zero-order valence-electron chi connectivity index (χ0n) is 17.0. The van der Waals surface area contributed by atoms with Crippen LogP contribution in [0.15, 0.2) is 24.7 Å². The van der Waals surface area contributed by atoms with E-state index in [1.807, 2.05) is 0 Å². The molecular formula is C21H24ClFN6O. The van der Waals surface area contributed by atoms with Crippen molar-refractivity contribution in [1.29, 1.82) is 0 Å². The quantitative estimate of drug-likeness (QED) is 0.631. The molecule has 1 amide bonds. The van der Waals surface area contributed by atoms with Gasteiger partial charge in [-0.2, -0.15) is 0 Å². The summed E-state index contributed by atoms with van der Waals surface area (Å²) in [5, 5.41) is 4.53. The molecule has 30 heavy (non-hydrogen) atoms. The largest absolute Gasteiger partial charge is 0.364 e. The molecule has 3 aromatic rings. The third kappa shape index (κ3) is 4.23. The van der Waals surface area contributed by atoms with Gasteiger partial charge >= 0.3 is 0 Å². The molecule has 2 N–H and O–H groups in total. The van der Waals surface area contributed by atoms with Gasteiger partial charge < -0.3 is 15.2 Å². The Morgan fingerprint density at radius 1 is 1.30 bits per heavy atom. The van der Waals surface area contributed by atoms with Gasteiger partial charge in [0.15, 0.2) is 17.5 Å². The van der Waals surface area contributed by atoms with E-state index >= 15 is 0 Å². The highest BCUT2D eigenvalue weighted by molar-refractivity contribution is 6.31. The number of nitrogens with zero attached hydrogens (tertiary/aromatic N) is 4. The Balaban J connectivity index is 1.61. The second-order valence-corrected chi connectivity index (χ2v) is 8.37. The third-order valence-electron chi connectivity index (χ3n) is 5.65. The predicted octanol–water partition coefficient (Wildman–Crippen LogP) is 4.26. The summed E-state index contributed by atoms with van der Waals surface area (Å²) >= 11 is 6.08. The number of carbonyl (C=O) groups excluding carboxylic acids is 1. The third-order valence-corrected chi connectivity index (χ3v) is 5.86. The molecule has 1 fully saturated rings. The van der Waals surface area contributed by atoms with Crippen molar-refractivity contribution in [1.82, 2.24) is 24.8 Å². The molecule has 0 saturated heterocycles. The van der Waals surface area contributed by atoms with Crippen molar-refractivity contribution in [2.45, 2.75) is 38.1 Å². The molecule has 7 nitrogen and oxygen atoms in total. The summed E-state index contributed by atoms with van der Waals surface area (Å²) in [4.78, 5) is 29.7. The van der Waals surface area contributed by atoms with Crippen LogP contribution < -0.4 is 5.32 Å². The molecule has 0 aliphatic heterocycles. The van der Waals surface area contributed by atoms with Gasteiger partial charge in [-0.3, -0.25) is 4.79 Å². The summed E-state index contributed by atoms with van der Waals surface area (Å²) in [6, 6.07) is 1.76. The first-order valence-corrected chi connectivity index (χ1v) is 10.4. The monoisotopic (exact) mass is 430 g/mol. The highest BCUT2D eigenvalue weighted by atomic mass is 35.5. The molecule has 158 valence electrons. The molecule has 3 aromatic heterocycles. The Hall–Kier alpha value is -2.74. The molecule has 1 aliphatic carbocycles. The molecule has 1 saturated carbocycles. The number of fused-ring (bicyclic) bond motifs is 1. The molecule has 9 heteroatoms. The lowest BCUT2D eigenvalue weighted by Gasteiger charge is -2.33. The number of rotatable bonds is 5. The summed E-state index contributed by atoms with van der Waals surface area (Å²) in [6.07, 6.45) is 8.83. The average molecular weight is 431 g/mol. The maximum absolute atomic E-state index is 14.6. The molecule has 0 aromatic carbocycles. The number of carbonyl (C=O) groups is 1. The highest BCUT2D eigenvalue weighted by Gasteiger charge is 2.29. The van der Waals surface area contributed by atoms with Crippen LogP contribution in [0.3, 0.4) is 0 Å². The van der Waals surface area contributed by atoms with Crippen molar-refractivity contribution in [2.24, 2.45) is 5.92 Å². The van der Waals surface area contributed by atoms with Crippen LogP contribution in [0, 0.1) is 11.7 Å². The van der Waals surface area contributed by atoms with Crippen molar-refractivity contribution < 1.29 is 9.18 Å². The number of aromatic amines is 1. The molecule has 0 radical (unpaired) electrons. The average Bonchev–Trinajstić information content (AvgIpc) is 3.14. The number of pyridine rings is 1. The van der Waals surface area contributed by atoms with E-state index < -0.39 is 5.82 Å². The zero-order chi connectivity index (χ0) is 21.3. The lowest BCUT2D eigenvalue weighted by Crippen LogP contribution is -2.36. The number of nitrogens with one attached hydrogen (secondary N) is 2. The van der Waals surface area contributed by atoms with Crippen molar-refractivity contribution in [3.8, 4) is 11.4 Å². The van der Waals surface area contributed by atoms with E-state index in [4.69, 9.17) is 11.6 Å². The van der Waals surface area contributed by atoms with Crippen molar-refractivity contribution in [3.05, 3.63) is 35.5 Å². The Morgan fingerprint density at radius 3 is 2.90 bits per heavy atom. The van der Waals surface area contributed by atoms with Crippen LogP contribution in [0.25, 0.3) is 22.4 Å². The van der Waals surface area contributed by atoms with Gasteiger partial charge in [-0.05, 0) is 24.8 Å². The topological polar surface area (TPSA) is 86.8 Å². The fourth-order valence-electron chi connectivity index (χ4n) is 3.99. The van der Waals surface area contributed by atoms with Crippen LogP contribution in [0.4, 0.5) is 10.2 Å². The molecule has 3 heterocycles. The fraction of sp³-hybridized carbons (Fsp3) is 0.429. The molecular weight excluding hydrogens is 407 g/mol. The maximum atomic E-state index is 14.6. The first-order chi connectivity index (χ1) is 14.4. The smallest absolute Gasteiger partial charge is 0.222 e. The number of anilines is 1. The SMILES string of the molecule is CN(C)C(=O)CC1CCCCC1Nc1nc(-c2c[nH]c3ncc(Cl)cc23)ncc1F. The van der Waals surface area contributed by atoms with Gasteiger partial charge in [0.25, 0.3) is 0 Å². The van der Waals surface area contributed by atoms with Crippen molar-refractivity contribution >= 4 is 34.4 Å². The fourth-order valence-corrected chi connectivity index (χ4v) is 4.14. The van der Waals surface area contributed by atoms with Gasteiger partial charge in [0.2, 0.25) is 5.91 Å². The number of amides is 1. The van der Waals surface area contributed by atoms with Crippen LogP contribution in [0.2, 0.25) is 5.02 Å². The molecule has 0 bridgehead atoms. The highest BCUT2D eigenvalue weighted by Crippen LogP contribution is 2.32. The number of halogens is 2. The second-order valence-electron chi connectivity index (χ2n) is 7.93. The Bertz CT molecular complexity index is 1070. The predicted molar refractivity (Wildman–Crippen MR) is 115 cm³/mol. The van der Waals surface area contributed by atoms with Gasteiger partial charge in [0.1, 0.15) is 5.65 Å². The van der Waals surface area contributed by atoms with Crippen molar-refractivity contribution in [3.63, 3.8) is 0 Å².